The highest BCUT2D eigenvalue weighted by atomic mass is 28.4. The number of hydrogen-bond donors (Lipinski definition) is 0. The summed E-state index contributed by atoms with van der Waals surface area (Å²) in [6.07, 6.45) is -0.283. The van der Waals surface area contributed by atoms with Gasteiger partial charge in [-0.1, -0.05) is 13.3 Å². The van der Waals surface area contributed by atoms with E-state index < -0.39 is 50.7 Å². The Morgan fingerprint density at radius 1 is 1.29 bits per heavy atom. The number of fused-ring (bicyclic) bond motifs is 1. The zero-order valence-electron chi connectivity index (χ0n) is 18.1. The van der Waals surface area contributed by atoms with Crippen molar-refractivity contribution in [1.29, 1.82) is 0 Å². The molecule has 28 heavy (non-hydrogen) atoms. The maximum absolute atomic E-state index is 11.7. The van der Waals surface area contributed by atoms with Gasteiger partial charge >= 0.3 is 5.97 Å². The van der Waals surface area contributed by atoms with E-state index in [-0.39, 0.29) is 0 Å². The van der Waals surface area contributed by atoms with Gasteiger partial charge in [-0.15, -0.1) is 0 Å². The summed E-state index contributed by atoms with van der Waals surface area (Å²) in [7, 11) is -1.78. The number of nitrogens with zero attached hydrogens (tertiary/aromatic N) is 2. The van der Waals surface area contributed by atoms with Crippen LogP contribution in [0.2, 0.25) is 19.6 Å². The standard InChI is InChI=1S/C19H34N2O6Si/c1-8-9-10-20-12-21-14(11-23-28(5,6)7)15-16(24-13(2)22)17-18(25-15)27-19(3,4)26-17/h14-18H,8-11H2,1-7H3/t14-,15+,16+,17-,18-/m1/s1. The Morgan fingerprint density at radius 2 is 2.00 bits per heavy atom. The number of esters is 1. The molecule has 5 atom stereocenters. The summed E-state index contributed by atoms with van der Waals surface area (Å²) in [4.78, 5) is 20.4. The molecule has 9 heteroatoms. The molecule has 2 fully saturated rings. The molecule has 0 aromatic rings. The van der Waals surface area contributed by atoms with Gasteiger partial charge in [-0.3, -0.25) is 4.79 Å². The van der Waals surface area contributed by atoms with Crippen molar-refractivity contribution in [2.45, 2.75) is 96.6 Å². The number of rotatable bonds is 9. The fourth-order valence-corrected chi connectivity index (χ4v) is 3.75. The van der Waals surface area contributed by atoms with Crippen LogP contribution in [0.25, 0.3) is 0 Å². The van der Waals surface area contributed by atoms with E-state index in [1.807, 2.05) is 0 Å². The summed E-state index contributed by atoms with van der Waals surface area (Å²) in [5.41, 5.74) is 0. The summed E-state index contributed by atoms with van der Waals surface area (Å²) >= 11 is 0. The van der Waals surface area contributed by atoms with Gasteiger partial charge in [0.1, 0.15) is 12.1 Å². The molecule has 0 N–H and O–H groups in total. The topological polar surface area (TPSA) is 87.9 Å². The summed E-state index contributed by atoms with van der Waals surface area (Å²) in [5, 5.41) is 0. The normalized spacial score (nSPS) is 29.7. The van der Waals surface area contributed by atoms with E-state index in [0.29, 0.717) is 13.2 Å². The molecule has 160 valence electrons. The lowest BCUT2D eigenvalue weighted by Crippen LogP contribution is -2.45. The first-order valence-electron chi connectivity index (χ1n) is 9.96. The summed E-state index contributed by atoms with van der Waals surface area (Å²) in [6.45, 7) is 14.4. The van der Waals surface area contributed by atoms with E-state index >= 15 is 0 Å². The Bertz CT molecular complexity index is 600. The second kappa shape index (κ2) is 9.60. The van der Waals surface area contributed by atoms with Crippen LogP contribution in [0.5, 0.6) is 0 Å². The first-order valence-corrected chi connectivity index (χ1v) is 13.4. The zero-order valence-corrected chi connectivity index (χ0v) is 19.1. The van der Waals surface area contributed by atoms with Gasteiger partial charge in [0.25, 0.3) is 0 Å². The second-order valence-electron chi connectivity index (χ2n) is 8.60. The molecule has 0 aliphatic carbocycles. The van der Waals surface area contributed by atoms with Crippen molar-refractivity contribution in [2.24, 2.45) is 9.98 Å². The lowest BCUT2D eigenvalue weighted by molar-refractivity contribution is -0.221. The number of hydrogen-bond acceptors (Lipinski definition) is 8. The summed E-state index contributed by atoms with van der Waals surface area (Å²) < 4.78 is 29.4. The molecular formula is C19H34N2O6Si. The van der Waals surface area contributed by atoms with E-state index in [4.69, 9.17) is 23.4 Å². The van der Waals surface area contributed by atoms with E-state index in [1.54, 1.807) is 13.8 Å². The number of carbonyl (C=O) groups excluding carboxylic acids is 1. The van der Waals surface area contributed by atoms with Gasteiger partial charge in [0.15, 0.2) is 32.6 Å². The minimum Gasteiger partial charge on any atom is -0.457 e. The van der Waals surface area contributed by atoms with Gasteiger partial charge in [0.05, 0.1) is 12.6 Å². The van der Waals surface area contributed by atoms with Crippen LogP contribution in [0.1, 0.15) is 40.5 Å². The third-order valence-electron chi connectivity index (χ3n) is 4.31. The van der Waals surface area contributed by atoms with Crippen molar-refractivity contribution in [1.82, 2.24) is 0 Å². The number of carbonyl (C=O) groups is 1. The predicted molar refractivity (Wildman–Crippen MR) is 107 cm³/mol. The quantitative estimate of drug-likeness (QED) is 0.249. The predicted octanol–water partition coefficient (Wildman–Crippen LogP) is 2.99. The SMILES string of the molecule is CCCCN=C=N[C@H](CO[Si](C)(C)C)[C@@H]1O[C@@H]2OC(C)(C)O[C@@H]2[C@H]1OC(C)=O. The lowest BCUT2D eigenvalue weighted by Gasteiger charge is -2.29. The maximum atomic E-state index is 11.7. The van der Waals surface area contributed by atoms with E-state index in [0.717, 1.165) is 12.8 Å². The first kappa shape index (κ1) is 23.2. The molecule has 0 bridgehead atoms. The molecule has 0 unspecified atom stereocenters. The average molecular weight is 415 g/mol. The Hall–Kier alpha value is -1.09. The highest BCUT2D eigenvalue weighted by molar-refractivity contribution is 6.69. The smallest absolute Gasteiger partial charge is 0.303 e. The van der Waals surface area contributed by atoms with Crippen molar-refractivity contribution in [3.63, 3.8) is 0 Å². The fraction of sp³-hybridized carbons (Fsp3) is 0.895. The minimum atomic E-state index is -1.78. The van der Waals surface area contributed by atoms with Gasteiger partial charge in [-0.25, -0.2) is 9.98 Å². The van der Waals surface area contributed by atoms with E-state index in [9.17, 15) is 4.79 Å². The Balaban J connectivity index is 2.20. The van der Waals surface area contributed by atoms with Crippen LogP contribution >= 0.6 is 0 Å². The van der Waals surface area contributed by atoms with Gasteiger partial charge in [0, 0.05) is 13.5 Å². The second-order valence-corrected chi connectivity index (χ2v) is 13.1. The molecule has 2 saturated heterocycles. The lowest BCUT2D eigenvalue weighted by atomic mass is 10.0. The molecule has 8 nitrogen and oxygen atoms in total. The summed E-state index contributed by atoms with van der Waals surface area (Å²) in [6, 6.07) is 2.34. The van der Waals surface area contributed by atoms with Gasteiger partial charge in [-0.2, -0.15) is 0 Å². The van der Waals surface area contributed by atoms with Crippen LogP contribution in [0.3, 0.4) is 0 Å². The summed E-state index contributed by atoms with van der Waals surface area (Å²) in [5.74, 6) is -1.20. The molecule has 2 heterocycles. The van der Waals surface area contributed by atoms with Crippen LogP contribution < -0.4 is 0 Å². The molecule has 0 amide bonds. The van der Waals surface area contributed by atoms with Gasteiger partial charge in [0.2, 0.25) is 0 Å². The van der Waals surface area contributed by atoms with Crippen molar-refractivity contribution in [3.8, 4) is 0 Å². The average Bonchev–Trinajstić information content (AvgIpc) is 3.02. The zero-order chi connectivity index (χ0) is 20.9. The minimum absolute atomic E-state index is 0.331. The molecule has 2 aliphatic rings. The largest absolute Gasteiger partial charge is 0.457 e. The number of aliphatic imine (C=N–C) groups is 2. The molecule has 2 aliphatic heterocycles. The maximum Gasteiger partial charge on any atom is 0.303 e. The van der Waals surface area contributed by atoms with Crippen LogP contribution in [0, 0.1) is 0 Å². The Kier molecular flexibility index (Phi) is 7.95. The van der Waals surface area contributed by atoms with Crippen molar-refractivity contribution < 1.29 is 28.2 Å². The Labute approximate surface area is 168 Å². The first-order chi connectivity index (χ1) is 13.0. The van der Waals surface area contributed by atoms with E-state index in [1.165, 1.54) is 6.92 Å². The third kappa shape index (κ3) is 6.75. The van der Waals surface area contributed by atoms with Gasteiger partial charge in [-0.05, 0) is 39.9 Å². The Morgan fingerprint density at radius 3 is 2.61 bits per heavy atom. The fourth-order valence-electron chi connectivity index (χ4n) is 3.08. The van der Waals surface area contributed by atoms with Gasteiger partial charge < -0.3 is 23.4 Å². The third-order valence-corrected chi connectivity index (χ3v) is 5.35. The van der Waals surface area contributed by atoms with Crippen LogP contribution in [0.4, 0.5) is 0 Å². The monoisotopic (exact) mass is 414 g/mol. The highest BCUT2D eigenvalue weighted by Crippen LogP contribution is 2.40. The molecule has 0 aromatic carbocycles. The molecule has 0 radical (unpaired) electrons. The van der Waals surface area contributed by atoms with Crippen LogP contribution in [-0.2, 0) is 28.2 Å². The van der Waals surface area contributed by atoms with Crippen LogP contribution in [0.15, 0.2) is 9.98 Å². The molecule has 0 spiro atoms. The van der Waals surface area contributed by atoms with E-state index in [2.05, 4.69) is 42.6 Å². The molecular weight excluding hydrogens is 380 g/mol. The molecule has 0 saturated carbocycles. The number of ether oxygens (including phenoxy) is 4. The van der Waals surface area contributed by atoms with Crippen molar-refractivity contribution in [3.05, 3.63) is 0 Å². The van der Waals surface area contributed by atoms with Crippen molar-refractivity contribution >= 4 is 20.3 Å². The molecule has 0 aromatic heterocycles. The van der Waals surface area contributed by atoms with Crippen LogP contribution in [-0.4, -0.2) is 69.9 Å². The molecule has 2 rings (SSSR count). The highest BCUT2D eigenvalue weighted by Gasteiger charge is 2.58. The number of unbranched alkanes of at least 4 members (excludes halogenated alkanes) is 1. The van der Waals surface area contributed by atoms with Crippen molar-refractivity contribution in [2.75, 3.05) is 13.2 Å².